The van der Waals surface area contributed by atoms with Crippen molar-refractivity contribution < 1.29 is 14.3 Å². The maximum Gasteiger partial charge on any atom is 0.264 e. The van der Waals surface area contributed by atoms with Crippen LogP contribution in [0.5, 0.6) is 11.5 Å². The molecule has 0 bridgehead atoms. The number of carbonyl (C=O) groups is 1. The monoisotopic (exact) mass is 347 g/mol. The molecule has 3 aromatic rings. The second-order valence-corrected chi connectivity index (χ2v) is 5.88. The largest absolute Gasteiger partial charge is 0.485 e. The number of rotatable bonds is 4. The van der Waals surface area contributed by atoms with Crippen LogP contribution in [0.3, 0.4) is 0 Å². The van der Waals surface area contributed by atoms with E-state index in [1.807, 2.05) is 42.5 Å². The zero-order valence-electron chi connectivity index (χ0n) is 14.0. The summed E-state index contributed by atoms with van der Waals surface area (Å²) in [6, 6.07) is 15.0. The van der Waals surface area contributed by atoms with E-state index in [1.165, 1.54) is 0 Å². The molecule has 26 heavy (non-hydrogen) atoms. The molecule has 0 saturated heterocycles. The van der Waals surface area contributed by atoms with Crippen LogP contribution in [0.25, 0.3) is 11.3 Å². The van der Waals surface area contributed by atoms with Crippen molar-refractivity contribution in [1.29, 1.82) is 0 Å². The zero-order chi connectivity index (χ0) is 17.8. The lowest BCUT2D eigenvalue weighted by atomic mass is 10.1. The quantitative estimate of drug-likeness (QED) is 0.785. The van der Waals surface area contributed by atoms with Crippen molar-refractivity contribution >= 4 is 5.91 Å². The summed E-state index contributed by atoms with van der Waals surface area (Å²) in [5.74, 6) is 1.03. The number of fused-ring (bicyclic) bond motifs is 1. The molecule has 0 fully saturated rings. The highest BCUT2D eigenvalue weighted by Gasteiger charge is 2.26. The Kier molecular flexibility index (Phi) is 4.47. The van der Waals surface area contributed by atoms with Gasteiger partial charge in [-0.2, -0.15) is 0 Å². The van der Waals surface area contributed by atoms with Crippen molar-refractivity contribution in [1.82, 2.24) is 15.3 Å². The zero-order valence-corrected chi connectivity index (χ0v) is 14.0. The van der Waals surface area contributed by atoms with E-state index in [0.717, 1.165) is 16.8 Å². The van der Waals surface area contributed by atoms with Crippen LogP contribution in [0.2, 0.25) is 0 Å². The SMILES string of the molecule is O=C(NCc1ccc(-c2cccnc2)nc1)[C@H]1COc2ccccc2O1. The first-order valence-corrected chi connectivity index (χ1v) is 8.31. The van der Waals surface area contributed by atoms with Gasteiger partial charge < -0.3 is 14.8 Å². The third-order valence-electron chi connectivity index (χ3n) is 4.05. The van der Waals surface area contributed by atoms with Crippen LogP contribution in [0.4, 0.5) is 0 Å². The van der Waals surface area contributed by atoms with Crippen LogP contribution >= 0.6 is 0 Å². The van der Waals surface area contributed by atoms with E-state index in [4.69, 9.17) is 9.47 Å². The van der Waals surface area contributed by atoms with Crippen LogP contribution in [0.15, 0.2) is 67.1 Å². The number of pyridine rings is 2. The van der Waals surface area contributed by atoms with Crippen LogP contribution in [-0.4, -0.2) is 28.6 Å². The van der Waals surface area contributed by atoms with E-state index >= 15 is 0 Å². The molecule has 0 unspecified atom stereocenters. The summed E-state index contributed by atoms with van der Waals surface area (Å²) in [6.45, 7) is 0.571. The molecule has 6 heteroatoms. The summed E-state index contributed by atoms with van der Waals surface area (Å²) in [4.78, 5) is 20.8. The molecule has 1 amide bonds. The minimum atomic E-state index is -0.660. The van der Waals surface area contributed by atoms with Crippen LogP contribution in [-0.2, 0) is 11.3 Å². The van der Waals surface area contributed by atoms with E-state index in [2.05, 4.69) is 15.3 Å². The second kappa shape index (κ2) is 7.23. The highest BCUT2D eigenvalue weighted by Crippen LogP contribution is 2.30. The lowest BCUT2D eigenvalue weighted by Gasteiger charge is -2.25. The van der Waals surface area contributed by atoms with Crippen molar-refractivity contribution in [3.63, 3.8) is 0 Å². The molecule has 0 saturated carbocycles. The molecular formula is C20H17N3O3. The lowest BCUT2D eigenvalue weighted by molar-refractivity contribution is -0.130. The highest BCUT2D eigenvalue weighted by atomic mass is 16.6. The molecule has 3 heterocycles. The summed E-state index contributed by atoms with van der Waals surface area (Å²) < 4.78 is 11.3. The average Bonchev–Trinajstić information content (AvgIpc) is 2.72. The smallest absolute Gasteiger partial charge is 0.264 e. The predicted molar refractivity (Wildman–Crippen MR) is 95.7 cm³/mol. The fourth-order valence-corrected chi connectivity index (χ4v) is 2.67. The summed E-state index contributed by atoms with van der Waals surface area (Å²) >= 11 is 0. The van der Waals surface area contributed by atoms with Gasteiger partial charge in [0.15, 0.2) is 11.5 Å². The topological polar surface area (TPSA) is 73.3 Å². The average molecular weight is 347 g/mol. The maximum absolute atomic E-state index is 12.3. The van der Waals surface area contributed by atoms with Gasteiger partial charge >= 0.3 is 0 Å². The van der Waals surface area contributed by atoms with Gasteiger partial charge in [-0.15, -0.1) is 0 Å². The molecule has 1 aliphatic heterocycles. The number of aromatic nitrogens is 2. The van der Waals surface area contributed by atoms with E-state index in [9.17, 15) is 4.79 Å². The highest BCUT2D eigenvalue weighted by molar-refractivity contribution is 5.81. The molecule has 0 radical (unpaired) electrons. The molecular weight excluding hydrogens is 330 g/mol. The molecule has 6 nitrogen and oxygen atoms in total. The summed E-state index contributed by atoms with van der Waals surface area (Å²) in [7, 11) is 0. The molecule has 0 spiro atoms. The number of amides is 1. The summed E-state index contributed by atoms with van der Waals surface area (Å²) in [6.07, 6.45) is 4.58. The van der Waals surface area contributed by atoms with E-state index in [1.54, 1.807) is 24.7 Å². The van der Waals surface area contributed by atoms with Gasteiger partial charge in [0, 0.05) is 30.7 Å². The Bertz CT molecular complexity index is 898. The molecule has 4 rings (SSSR count). The first-order valence-electron chi connectivity index (χ1n) is 8.31. The van der Waals surface area contributed by atoms with Crippen LogP contribution < -0.4 is 14.8 Å². The molecule has 1 N–H and O–H groups in total. The number of hydrogen-bond acceptors (Lipinski definition) is 5. The third kappa shape index (κ3) is 3.49. The molecule has 1 atom stereocenters. The van der Waals surface area contributed by atoms with Gasteiger partial charge in [0.25, 0.3) is 5.91 Å². The number of nitrogens with one attached hydrogen (secondary N) is 1. The Labute approximate surface area is 150 Å². The van der Waals surface area contributed by atoms with E-state index in [0.29, 0.717) is 18.0 Å². The Morgan fingerprint density at radius 2 is 1.96 bits per heavy atom. The molecule has 1 aliphatic rings. The number of benzene rings is 1. The number of hydrogen-bond donors (Lipinski definition) is 1. The van der Waals surface area contributed by atoms with E-state index in [-0.39, 0.29) is 12.5 Å². The first kappa shape index (κ1) is 16.1. The van der Waals surface area contributed by atoms with Gasteiger partial charge in [0.2, 0.25) is 6.10 Å². The molecule has 2 aromatic heterocycles. The van der Waals surface area contributed by atoms with Crippen molar-refractivity contribution in [3.05, 3.63) is 72.7 Å². The Hall–Kier alpha value is -3.41. The fourth-order valence-electron chi connectivity index (χ4n) is 2.67. The Morgan fingerprint density at radius 1 is 1.08 bits per heavy atom. The molecule has 1 aromatic carbocycles. The van der Waals surface area contributed by atoms with Crippen LogP contribution in [0.1, 0.15) is 5.56 Å². The number of ether oxygens (including phenoxy) is 2. The number of nitrogens with zero attached hydrogens (tertiary/aromatic N) is 2. The van der Waals surface area contributed by atoms with Gasteiger partial charge in [0.1, 0.15) is 6.61 Å². The number of para-hydroxylation sites is 2. The van der Waals surface area contributed by atoms with Gasteiger partial charge in [0.05, 0.1) is 5.69 Å². The van der Waals surface area contributed by atoms with Gasteiger partial charge in [-0.05, 0) is 35.9 Å². The van der Waals surface area contributed by atoms with Crippen molar-refractivity contribution in [3.8, 4) is 22.8 Å². The van der Waals surface area contributed by atoms with Gasteiger partial charge in [-0.3, -0.25) is 14.8 Å². The van der Waals surface area contributed by atoms with Gasteiger partial charge in [-0.1, -0.05) is 18.2 Å². The Morgan fingerprint density at radius 3 is 2.73 bits per heavy atom. The standard InChI is InChI=1S/C20H17N3O3/c24-20(19-13-25-17-5-1-2-6-18(17)26-19)23-11-14-7-8-16(22-10-14)15-4-3-9-21-12-15/h1-10,12,19H,11,13H2,(H,23,24)/t19-/m1/s1. The van der Waals surface area contributed by atoms with E-state index < -0.39 is 6.10 Å². The Balaban J connectivity index is 1.35. The fraction of sp³-hybridized carbons (Fsp3) is 0.150. The molecule has 130 valence electrons. The third-order valence-corrected chi connectivity index (χ3v) is 4.05. The second-order valence-electron chi connectivity index (χ2n) is 5.88. The van der Waals surface area contributed by atoms with Crippen LogP contribution in [0, 0.1) is 0 Å². The summed E-state index contributed by atoms with van der Waals surface area (Å²) in [5.41, 5.74) is 2.70. The minimum absolute atomic E-state index is 0.195. The normalized spacial score (nSPS) is 15.3. The van der Waals surface area contributed by atoms with Crippen molar-refractivity contribution in [2.75, 3.05) is 6.61 Å². The maximum atomic E-state index is 12.3. The molecule has 0 aliphatic carbocycles. The summed E-state index contributed by atoms with van der Waals surface area (Å²) in [5, 5.41) is 2.86. The first-order chi connectivity index (χ1) is 12.8. The number of carbonyl (C=O) groups excluding carboxylic acids is 1. The van der Waals surface area contributed by atoms with Crippen molar-refractivity contribution in [2.45, 2.75) is 12.6 Å². The minimum Gasteiger partial charge on any atom is -0.485 e. The predicted octanol–water partition coefficient (Wildman–Crippen LogP) is 2.60. The lowest BCUT2D eigenvalue weighted by Crippen LogP contribution is -2.43. The van der Waals surface area contributed by atoms with Crippen molar-refractivity contribution in [2.24, 2.45) is 0 Å². The van der Waals surface area contributed by atoms with Gasteiger partial charge in [-0.25, -0.2) is 0 Å².